The van der Waals surface area contributed by atoms with Crippen LogP contribution in [0.2, 0.25) is 0 Å². The van der Waals surface area contributed by atoms with Crippen molar-refractivity contribution >= 4 is 17.4 Å². The van der Waals surface area contributed by atoms with Gasteiger partial charge in [-0.2, -0.15) is 10.7 Å². The van der Waals surface area contributed by atoms with E-state index in [1.807, 2.05) is 19.9 Å². The van der Waals surface area contributed by atoms with E-state index in [0.717, 1.165) is 6.42 Å². The van der Waals surface area contributed by atoms with E-state index in [9.17, 15) is 19.2 Å². The summed E-state index contributed by atoms with van der Waals surface area (Å²) in [7, 11) is 0. The van der Waals surface area contributed by atoms with Crippen LogP contribution >= 0.6 is 0 Å². The highest BCUT2D eigenvalue weighted by atomic mass is 19.1. The number of carbonyl (C=O) groups excluding carboxylic acids is 2. The van der Waals surface area contributed by atoms with Crippen LogP contribution < -0.4 is 10.3 Å². The summed E-state index contributed by atoms with van der Waals surface area (Å²) in [5.74, 6) is -0.983. The molecule has 0 spiro atoms. The quantitative estimate of drug-likeness (QED) is 0.560. The van der Waals surface area contributed by atoms with Crippen molar-refractivity contribution in [3.05, 3.63) is 64.8 Å². The summed E-state index contributed by atoms with van der Waals surface area (Å²) in [6.45, 7) is 6.08. The SMILES string of the molecule is Cc1cc(C(C(=O)N2CCCC2C(=O)NOc2ccc(C3=CCCC=C3F)cc2C#N)C(C)C)on1. The monoisotopic (exact) mass is 492 g/mol. The van der Waals surface area contributed by atoms with Crippen LogP contribution in [0.3, 0.4) is 0 Å². The van der Waals surface area contributed by atoms with E-state index in [4.69, 9.17) is 9.36 Å². The maximum atomic E-state index is 14.2. The number of hydrogen-bond acceptors (Lipinski definition) is 6. The Balaban J connectivity index is 1.45. The standard InChI is InChI=1S/C27H29FN4O4/c1-16(2)25(24-13-17(3)30-36-24)27(34)32-12-6-9-22(32)26(33)31-35-23-11-10-18(14-19(23)15-29)20-7-4-5-8-21(20)28/h7-8,10-11,13-14,16,22,25H,4-6,9,12H2,1-3H3,(H,31,33). The van der Waals surface area contributed by atoms with E-state index in [1.165, 1.54) is 18.2 Å². The zero-order chi connectivity index (χ0) is 25.8. The number of hydrogen-bond donors (Lipinski definition) is 1. The highest BCUT2D eigenvalue weighted by Crippen LogP contribution is 2.33. The number of aromatic nitrogens is 1. The molecule has 1 aliphatic carbocycles. The minimum Gasteiger partial charge on any atom is -0.378 e. The van der Waals surface area contributed by atoms with Crippen LogP contribution in [-0.2, 0) is 9.59 Å². The average molecular weight is 493 g/mol. The molecule has 2 atom stereocenters. The Kier molecular flexibility index (Phi) is 7.53. The molecule has 4 rings (SSSR count). The van der Waals surface area contributed by atoms with Crippen LogP contribution in [-0.4, -0.2) is 34.5 Å². The van der Waals surface area contributed by atoms with E-state index in [-0.39, 0.29) is 29.0 Å². The fraction of sp³-hybridized carbons (Fsp3) is 0.407. The number of halogens is 1. The third kappa shape index (κ3) is 5.18. The highest BCUT2D eigenvalue weighted by Gasteiger charge is 2.40. The van der Waals surface area contributed by atoms with E-state index >= 15 is 0 Å². The van der Waals surface area contributed by atoms with Gasteiger partial charge in [-0.15, -0.1) is 0 Å². The lowest BCUT2D eigenvalue weighted by Gasteiger charge is -2.28. The van der Waals surface area contributed by atoms with Crippen molar-refractivity contribution in [1.82, 2.24) is 15.5 Å². The molecule has 1 saturated heterocycles. The highest BCUT2D eigenvalue weighted by molar-refractivity contribution is 5.90. The first-order valence-electron chi connectivity index (χ1n) is 12.1. The molecule has 9 heteroatoms. The van der Waals surface area contributed by atoms with Gasteiger partial charge in [-0.3, -0.25) is 9.59 Å². The Morgan fingerprint density at radius 1 is 1.28 bits per heavy atom. The number of carbonyl (C=O) groups is 2. The zero-order valence-corrected chi connectivity index (χ0v) is 20.6. The van der Waals surface area contributed by atoms with Crippen molar-refractivity contribution in [2.75, 3.05) is 6.54 Å². The van der Waals surface area contributed by atoms with Gasteiger partial charge in [0.25, 0.3) is 5.91 Å². The smallest absolute Gasteiger partial charge is 0.275 e. The van der Waals surface area contributed by atoms with Crippen molar-refractivity contribution in [2.45, 2.75) is 58.4 Å². The van der Waals surface area contributed by atoms with E-state index in [0.29, 0.717) is 48.4 Å². The molecule has 2 unspecified atom stereocenters. The minimum absolute atomic E-state index is 0.0546. The van der Waals surface area contributed by atoms with Gasteiger partial charge >= 0.3 is 0 Å². The molecule has 1 N–H and O–H groups in total. The molecule has 2 aromatic rings. The minimum atomic E-state index is -0.709. The molecule has 1 fully saturated rings. The maximum Gasteiger partial charge on any atom is 0.275 e. The zero-order valence-electron chi connectivity index (χ0n) is 20.6. The number of allylic oxidation sites excluding steroid dienone is 4. The first-order valence-corrected chi connectivity index (χ1v) is 12.1. The lowest BCUT2D eigenvalue weighted by atomic mass is 9.91. The Morgan fingerprint density at radius 2 is 2.06 bits per heavy atom. The summed E-state index contributed by atoms with van der Waals surface area (Å²) in [6, 6.07) is 7.77. The Hall–Kier alpha value is -3.93. The van der Waals surface area contributed by atoms with Crippen LogP contribution in [0.4, 0.5) is 4.39 Å². The van der Waals surface area contributed by atoms with Gasteiger partial charge in [0.15, 0.2) is 5.75 Å². The summed E-state index contributed by atoms with van der Waals surface area (Å²) in [5, 5.41) is 13.5. The molecule has 1 aromatic carbocycles. The molecule has 36 heavy (non-hydrogen) atoms. The largest absolute Gasteiger partial charge is 0.378 e. The van der Waals surface area contributed by atoms with E-state index in [2.05, 4.69) is 10.6 Å². The van der Waals surface area contributed by atoms with Crippen LogP contribution in [0.15, 0.2) is 46.8 Å². The molecule has 2 aliphatic rings. The van der Waals surface area contributed by atoms with E-state index in [1.54, 1.807) is 30.0 Å². The number of benzene rings is 1. The van der Waals surface area contributed by atoms with Crippen LogP contribution in [0.25, 0.3) is 5.57 Å². The van der Waals surface area contributed by atoms with Crippen molar-refractivity contribution in [3.63, 3.8) is 0 Å². The number of hydroxylamine groups is 1. The van der Waals surface area contributed by atoms with Crippen molar-refractivity contribution in [1.29, 1.82) is 5.26 Å². The van der Waals surface area contributed by atoms with Crippen molar-refractivity contribution in [2.24, 2.45) is 5.92 Å². The van der Waals surface area contributed by atoms with Gasteiger partial charge in [-0.05, 0) is 62.3 Å². The topological polar surface area (TPSA) is 108 Å². The molecule has 188 valence electrons. The number of rotatable bonds is 7. The fourth-order valence-corrected chi connectivity index (χ4v) is 4.70. The van der Waals surface area contributed by atoms with Gasteiger partial charge in [0.05, 0.1) is 11.3 Å². The lowest BCUT2D eigenvalue weighted by molar-refractivity contribution is -0.143. The predicted octanol–water partition coefficient (Wildman–Crippen LogP) is 4.73. The second-order valence-corrected chi connectivity index (χ2v) is 9.42. The second-order valence-electron chi connectivity index (χ2n) is 9.42. The third-order valence-corrected chi connectivity index (χ3v) is 6.49. The van der Waals surface area contributed by atoms with Crippen LogP contribution in [0, 0.1) is 24.2 Å². The summed E-state index contributed by atoms with van der Waals surface area (Å²) < 4.78 is 19.6. The van der Waals surface area contributed by atoms with E-state index < -0.39 is 17.9 Å². The lowest BCUT2D eigenvalue weighted by Crippen LogP contribution is -2.48. The molecular formula is C27H29FN4O4. The van der Waals surface area contributed by atoms with Crippen LogP contribution in [0.5, 0.6) is 5.75 Å². The molecule has 0 saturated carbocycles. The molecule has 8 nitrogen and oxygen atoms in total. The van der Waals surface area contributed by atoms with Crippen LogP contribution in [0.1, 0.15) is 68.0 Å². The number of nitrogens with one attached hydrogen (secondary N) is 1. The Bertz CT molecular complexity index is 1260. The molecular weight excluding hydrogens is 463 g/mol. The predicted molar refractivity (Wildman–Crippen MR) is 130 cm³/mol. The molecule has 1 aliphatic heterocycles. The average Bonchev–Trinajstić information content (AvgIpc) is 3.52. The molecule has 0 bridgehead atoms. The van der Waals surface area contributed by atoms with Gasteiger partial charge in [-0.25, -0.2) is 4.39 Å². The number of nitriles is 1. The van der Waals surface area contributed by atoms with Gasteiger partial charge in [0.2, 0.25) is 5.91 Å². The maximum absolute atomic E-state index is 14.2. The second kappa shape index (κ2) is 10.8. The first kappa shape index (κ1) is 25.2. The van der Waals surface area contributed by atoms with Crippen molar-refractivity contribution < 1.29 is 23.3 Å². The third-order valence-electron chi connectivity index (χ3n) is 6.49. The first-order chi connectivity index (χ1) is 17.3. The molecule has 1 aromatic heterocycles. The van der Waals surface area contributed by atoms with Gasteiger partial charge in [0.1, 0.15) is 29.6 Å². The molecule has 2 amide bonds. The van der Waals surface area contributed by atoms with Gasteiger partial charge < -0.3 is 14.3 Å². The summed E-state index contributed by atoms with van der Waals surface area (Å²) in [6.07, 6.45) is 5.85. The number of nitrogens with zero attached hydrogens (tertiary/aromatic N) is 3. The van der Waals surface area contributed by atoms with Gasteiger partial charge in [0, 0.05) is 18.2 Å². The number of likely N-dealkylation sites (tertiary alicyclic amines) is 1. The Labute approximate surface area is 209 Å². The Morgan fingerprint density at radius 3 is 2.72 bits per heavy atom. The van der Waals surface area contributed by atoms with Gasteiger partial charge in [-0.1, -0.05) is 31.1 Å². The van der Waals surface area contributed by atoms with Crippen molar-refractivity contribution in [3.8, 4) is 11.8 Å². The normalized spacial score (nSPS) is 18.3. The number of aryl methyl sites for hydroxylation is 1. The molecule has 2 heterocycles. The fourth-order valence-electron chi connectivity index (χ4n) is 4.70. The summed E-state index contributed by atoms with van der Waals surface area (Å²) in [4.78, 5) is 33.5. The number of amides is 2. The summed E-state index contributed by atoms with van der Waals surface area (Å²) >= 11 is 0. The summed E-state index contributed by atoms with van der Waals surface area (Å²) in [5.41, 5.74) is 4.25. The molecule has 0 radical (unpaired) electrons.